The summed E-state index contributed by atoms with van der Waals surface area (Å²) in [6.07, 6.45) is 0.902. The quantitative estimate of drug-likeness (QED) is 0.779. The van der Waals surface area contributed by atoms with Crippen molar-refractivity contribution in [2.75, 3.05) is 13.1 Å². The first-order valence-corrected chi connectivity index (χ1v) is 8.07. The van der Waals surface area contributed by atoms with Crippen molar-refractivity contribution in [3.63, 3.8) is 0 Å². The Labute approximate surface area is 148 Å². The van der Waals surface area contributed by atoms with Gasteiger partial charge in [-0.15, -0.1) is 12.4 Å². The van der Waals surface area contributed by atoms with Gasteiger partial charge in [0, 0.05) is 13.1 Å². The minimum atomic E-state index is -0.553. The van der Waals surface area contributed by atoms with Crippen molar-refractivity contribution in [3.05, 3.63) is 71.3 Å². The second-order valence-corrected chi connectivity index (χ2v) is 5.84. The third-order valence-electron chi connectivity index (χ3n) is 4.27. The van der Waals surface area contributed by atoms with E-state index in [-0.39, 0.29) is 24.4 Å². The number of carbonyl (C=O) groups excluding carboxylic acids is 1. The van der Waals surface area contributed by atoms with E-state index in [0.717, 1.165) is 24.1 Å². The van der Waals surface area contributed by atoms with E-state index in [9.17, 15) is 9.90 Å². The number of aliphatic hydroxyl groups is 1. The molecule has 2 aromatic carbocycles. The van der Waals surface area contributed by atoms with Crippen molar-refractivity contribution in [2.24, 2.45) is 0 Å². The van der Waals surface area contributed by atoms with Gasteiger partial charge < -0.3 is 15.7 Å². The fourth-order valence-corrected chi connectivity index (χ4v) is 3.01. The smallest absolute Gasteiger partial charge is 0.241 e. The lowest BCUT2D eigenvalue weighted by Crippen LogP contribution is -2.41. The summed E-state index contributed by atoms with van der Waals surface area (Å²) in [5.41, 5.74) is 3.17. The molecule has 1 amide bonds. The molecule has 5 heteroatoms. The van der Waals surface area contributed by atoms with Gasteiger partial charge in [0.15, 0.2) is 0 Å². The molecule has 1 heterocycles. The number of nitrogens with one attached hydrogen (secondary N) is 2. The van der Waals surface area contributed by atoms with Crippen molar-refractivity contribution in [3.8, 4) is 0 Å². The molecule has 128 valence electrons. The average Bonchev–Trinajstić information content (AvgIpc) is 2.61. The summed E-state index contributed by atoms with van der Waals surface area (Å²) in [5, 5.41) is 16.3. The number of aliphatic hydroxyl groups excluding tert-OH is 1. The van der Waals surface area contributed by atoms with Crippen molar-refractivity contribution < 1.29 is 9.90 Å². The van der Waals surface area contributed by atoms with E-state index in [1.807, 2.05) is 48.5 Å². The fourth-order valence-electron chi connectivity index (χ4n) is 3.01. The standard InChI is InChI=1S/C19H22N2O2.ClH/c22-17(15-7-2-1-3-8-15)11-13-21-19(23)18-16-9-5-4-6-14(16)10-12-20-18;/h1-9,17-18,20,22H,10-13H2,(H,21,23);1H. The Bertz CT molecular complexity index is 663. The summed E-state index contributed by atoms with van der Waals surface area (Å²) in [6, 6.07) is 17.3. The normalized spacial score (nSPS) is 17.3. The van der Waals surface area contributed by atoms with Crippen molar-refractivity contribution in [1.82, 2.24) is 10.6 Å². The topological polar surface area (TPSA) is 61.4 Å². The molecule has 0 bridgehead atoms. The molecule has 0 spiro atoms. The largest absolute Gasteiger partial charge is 0.388 e. The Morgan fingerprint density at radius 2 is 1.88 bits per heavy atom. The zero-order chi connectivity index (χ0) is 16.1. The molecule has 3 N–H and O–H groups in total. The third kappa shape index (κ3) is 4.35. The zero-order valence-corrected chi connectivity index (χ0v) is 14.3. The highest BCUT2D eigenvalue weighted by Crippen LogP contribution is 2.22. The van der Waals surface area contributed by atoms with Crippen LogP contribution in [0.15, 0.2) is 54.6 Å². The minimum absolute atomic E-state index is 0. The predicted octanol–water partition coefficient (Wildman–Crippen LogP) is 2.54. The van der Waals surface area contributed by atoms with Gasteiger partial charge in [-0.2, -0.15) is 0 Å². The molecule has 2 unspecified atom stereocenters. The molecule has 0 aromatic heterocycles. The highest BCUT2D eigenvalue weighted by molar-refractivity contribution is 5.85. The molecule has 0 saturated heterocycles. The highest BCUT2D eigenvalue weighted by Gasteiger charge is 2.25. The lowest BCUT2D eigenvalue weighted by Gasteiger charge is -2.26. The van der Waals surface area contributed by atoms with Crippen LogP contribution in [0.25, 0.3) is 0 Å². The van der Waals surface area contributed by atoms with E-state index in [0.29, 0.717) is 13.0 Å². The lowest BCUT2D eigenvalue weighted by atomic mass is 9.94. The van der Waals surface area contributed by atoms with Crippen LogP contribution >= 0.6 is 12.4 Å². The predicted molar refractivity (Wildman–Crippen MR) is 97.2 cm³/mol. The summed E-state index contributed by atoms with van der Waals surface area (Å²) in [4.78, 5) is 12.4. The van der Waals surface area contributed by atoms with Crippen molar-refractivity contribution in [1.29, 1.82) is 0 Å². The number of hydrogen-bond acceptors (Lipinski definition) is 3. The van der Waals surface area contributed by atoms with Gasteiger partial charge in [-0.3, -0.25) is 4.79 Å². The monoisotopic (exact) mass is 346 g/mol. The van der Waals surface area contributed by atoms with E-state index in [2.05, 4.69) is 16.7 Å². The van der Waals surface area contributed by atoms with Crippen LogP contribution in [0.3, 0.4) is 0 Å². The van der Waals surface area contributed by atoms with Gasteiger partial charge in [-0.25, -0.2) is 0 Å². The molecule has 0 fully saturated rings. The van der Waals surface area contributed by atoms with Crippen LogP contribution in [0, 0.1) is 0 Å². The molecule has 4 nitrogen and oxygen atoms in total. The maximum Gasteiger partial charge on any atom is 0.241 e. The first-order valence-electron chi connectivity index (χ1n) is 8.07. The second kappa shape index (κ2) is 8.83. The molecule has 0 aliphatic carbocycles. The van der Waals surface area contributed by atoms with Crippen LogP contribution in [0.2, 0.25) is 0 Å². The molecule has 24 heavy (non-hydrogen) atoms. The summed E-state index contributed by atoms with van der Waals surface area (Å²) in [5.74, 6) is -0.0302. The Morgan fingerprint density at radius 3 is 2.67 bits per heavy atom. The van der Waals surface area contributed by atoms with Gasteiger partial charge in [0.05, 0.1) is 6.10 Å². The van der Waals surface area contributed by atoms with Crippen molar-refractivity contribution >= 4 is 18.3 Å². The maximum atomic E-state index is 12.4. The highest BCUT2D eigenvalue weighted by atomic mass is 35.5. The number of amides is 1. The number of halogens is 1. The third-order valence-corrected chi connectivity index (χ3v) is 4.27. The van der Waals surface area contributed by atoms with Gasteiger partial charge >= 0.3 is 0 Å². The maximum absolute atomic E-state index is 12.4. The Hall–Kier alpha value is -1.88. The Balaban J connectivity index is 0.00000208. The first-order chi connectivity index (χ1) is 11.3. The number of fused-ring (bicyclic) bond motifs is 1. The summed E-state index contributed by atoms with van der Waals surface area (Å²) in [7, 11) is 0. The summed E-state index contributed by atoms with van der Waals surface area (Å²) < 4.78 is 0. The molecule has 2 aromatic rings. The van der Waals surface area contributed by atoms with Gasteiger partial charge in [-0.05, 0) is 29.5 Å². The molecule has 2 atom stereocenters. The molecule has 0 saturated carbocycles. The van der Waals surface area contributed by atoms with Gasteiger partial charge in [-0.1, -0.05) is 54.6 Å². The molecule has 0 radical (unpaired) electrons. The summed E-state index contributed by atoms with van der Waals surface area (Å²) >= 11 is 0. The molecular formula is C19H23ClN2O2. The molecule has 3 rings (SSSR count). The molecule has 1 aliphatic heterocycles. The number of carbonyl (C=O) groups is 1. The van der Waals surface area contributed by atoms with E-state index in [1.165, 1.54) is 5.56 Å². The first kappa shape index (κ1) is 18.5. The summed E-state index contributed by atoms with van der Waals surface area (Å²) in [6.45, 7) is 1.26. The van der Waals surface area contributed by atoms with E-state index < -0.39 is 6.10 Å². The number of benzene rings is 2. The number of rotatable bonds is 5. The van der Waals surface area contributed by atoms with Gasteiger partial charge in [0.1, 0.15) is 6.04 Å². The van der Waals surface area contributed by atoms with Crippen LogP contribution in [0.5, 0.6) is 0 Å². The van der Waals surface area contributed by atoms with E-state index in [1.54, 1.807) is 0 Å². The van der Waals surface area contributed by atoms with Crippen LogP contribution < -0.4 is 10.6 Å². The second-order valence-electron chi connectivity index (χ2n) is 5.84. The fraction of sp³-hybridized carbons (Fsp3) is 0.316. The molecule has 1 aliphatic rings. The van der Waals surface area contributed by atoms with Crippen LogP contribution in [0.1, 0.15) is 35.3 Å². The SMILES string of the molecule is Cl.O=C(NCCC(O)c1ccccc1)C1NCCc2ccccc21. The Kier molecular flexibility index (Phi) is 6.79. The number of hydrogen-bond donors (Lipinski definition) is 3. The lowest BCUT2D eigenvalue weighted by molar-refractivity contribution is -0.123. The zero-order valence-electron chi connectivity index (χ0n) is 13.4. The minimum Gasteiger partial charge on any atom is -0.388 e. The van der Waals surface area contributed by atoms with Crippen LogP contribution in [0.4, 0.5) is 0 Å². The Morgan fingerprint density at radius 1 is 1.17 bits per heavy atom. The van der Waals surface area contributed by atoms with Gasteiger partial charge in [0.25, 0.3) is 0 Å². The van der Waals surface area contributed by atoms with Crippen LogP contribution in [-0.2, 0) is 11.2 Å². The van der Waals surface area contributed by atoms with Gasteiger partial charge in [0.2, 0.25) is 5.91 Å². The average molecular weight is 347 g/mol. The van der Waals surface area contributed by atoms with E-state index in [4.69, 9.17) is 0 Å². The van der Waals surface area contributed by atoms with Crippen molar-refractivity contribution in [2.45, 2.75) is 25.0 Å². The van der Waals surface area contributed by atoms with E-state index >= 15 is 0 Å². The molecular weight excluding hydrogens is 324 g/mol. The van der Waals surface area contributed by atoms with Crippen LogP contribution in [-0.4, -0.2) is 24.1 Å².